The van der Waals surface area contributed by atoms with Gasteiger partial charge < -0.3 is 4.90 Å². The van der Waals surface area contributed by atoms with E-state index in [-0.39, 0.29) is 5.92 Å². The zero-order valence-corrected chi connectivity index (χ0v) is 29.6. The van der Waals surface area contributed by atoms with Gasteiger partial charge in [-0.2, -0.15) is 0 Å². The van der Waals surface area contributed by atoms with Gasteiger partial charge in [-0.1, -0.05) is 188 Å². The van der Waals surface area contributed by atoms with Gasteiger partial charge in [0.2, 0.25) is 0 Å². The van der Waals surface area contributed by atoms with Crippen molar-refractivity contribution in [3.63, 3.8) is 0 Å². The average Bonchev–Trinajstić information content (AvgIpc) is 3.13. The van der Waals surface area contributed by atoms with Gasteiger partial charge in [0.1, 0.15) is 0 Å². The van der Waals surface area contributed by atoms with Crippen LogP contribution in [0, 0.1) is 0 Å². The Hall–Kier alpha value is -4.36. The molecule has 5 aromatic carbocycles. The molecule has 0 N–H and O–H groups in total. The van der Waals surface area contributed by atoms with Crippen LogP contribution in [0.2, 0.25) is 0 Å². The summed E-state index contributed by atoms with van der Waals surface area (Å²) in [6.45, 7) is 21.1. The third kappa shape index (κ3) is 11.6. The first kappa shape index (κ1) is 38.7. The van der Waals surface area contributed by atoms with E-state index in [0.717, 1.165) is 6.54 Å². The van der Waals surface area contributed by atoms with Gasteiger partial charge in [-0.3, -0.25) is 0 Å². The van der Waals surface area contributed by atoms with Crippen LogP contribution in [-0.4, -0.2) is 6.54 Å². The molecule has 1 heteroatoms. The molecule has 0 aliphatic carbocycles. The molecule has 5 aromatic rings. The van der Waals surface area contributed by atoms with Gasteiger partial charge in [0.25, 0.3) is 0 Å². The topological polar surface area (TPSA) is 3.24 Å². The number of para-hydroxylation sites is 1. The van der Waals surface area contributed by atoms with Crippen LogP contribution in [0.5, 0.6) is 0 Å². The predicted octanol–water partition coefficient (Wildman–Crippen LogP) is 13.9. The van der Waals surface area contributed by atoms with Crippen LogP contribution in [0.25, 0.3) is 16.8 Å². The molecule has 238 valence electrons. The lowest BCUT2D eigenvalue weighted by Gasteiger charge is -2.31. The van der Waals surface area contributed by atoms with Crippen molar-refractivity contribution in [2.75, 3.05) is 11.4 Å². The Morgan fingerprint density at radius 2 is 0.978 bits per heavy atom. The monoisotopic (exact) mass is 599 g/mol. The molecular weight excluding hydrogens is 542 g/mol. The molecule has 0 amide bonds. The summed E-state index contributed by atoms with van der Waals surface area (Å²) in [5.74, 6) is 0.221. The van der Waals surface area contributed by atoms with Crippen LogP contribution in [0.3, 0.4) is 0 Å². The summed E-state index contributed by atoms with van der Waals surface area (Å²) in [6.07, 6.45) is 6.51. The fourth-order valence-corrected chi connectivity index (χ4v) is 4.94. The largest absolute Gasteiger partial charge is 0.340 e. The number of hydrogen-bond acceptors (Lipinski definition) is 1. The molecule has 0 fully saturated rings. The molecule has 0 aliphatic rings. The van der Waals surface area contributed by atoms with Gasteiger partial charge >= 0.3 is 0 Å². The Balaban J connectivity index is 0.00000117. The maximum atomic E-state index is 2.48. The number of rotatable bonds is 8. The van der Waals surface area contributed by atoms with E-state index in [1.54, 1.807) is 0 Å². The van der Waals surface area contributed by atoms with Crippen molar-refractivity contribution in [2.45, 2.75) is 75.2 Å². The van der Waals surface area contributed by atoms with Crippen LogP contribution in [-0.2, 0) is 0 Å². The molecule has 45 heavy (non-hydrogen) atoms. The minimum absolute atomic E-state index is 0.221. The van der Waals surface area contributed by atoms with Crippen LogP contribution in [0.4, 0.5) is 11.4 Å². The Labute approximate surface area is 276 Å². The maximum absolute atomic E-state index is 2.48. The van der Waals surface area contributed by atoms with Crippen molar-refractivity contribution in [3.05, 3.63) is 162 Å². The molecule has 0 aliphatic heterocycles. The second-order valence-electron chi connectivity index (χ2n) is 9.64. The summed E-state index contributed by atoms with van der Waals surface area (Å²) < 4.78 is 0. The summed E-state index contributed by atoms with van der Waals surface area (Å²) in [6, 6.07) is 45.8. The smallest absolute Gasteiger partial charge is 0.0491 e. The molecule has 0 saturated carbocycles. The minimum atomic E-state index is 0.221. The molecule has 0 atom stereocenters. The molecule has 0 saturated heterocycles. The summed E-state index contributed by atoms with van der Waals surface area (Å²) in [5, 5.41) is 2.51. The minimum Gasteiger partial charge on any atom is -0.340 e. The number of anilines is 2. The lowest BCUT2D eigenvalue weighted by atomic mass is 9.90. The Morgan fingerprint density at radius 1 is 0.533 bits per heavy atom. The highest BCUT2D eigenvalue weighted by molar-refractivity contribution is 6.01. The summed E-state index contributed by atoms with van der Waals surface area (Å²) in [7, 11) is 0. The van der Waals surface area contributed by atoms with Crippen molar-refractivity contribution in [1.82, 2.24) is 0 Å². The van der Waals surface area contributed by atoms with Crippen molar-refractivity contribution < 1.29 is 0 Å². The highest BCUT2D eigenvalue weighted by atomic mass is 15.1. The van der Waals surface area contributed by atoms with E-state index in [2.05, 4.69) is 164 Å². The first-order valence-electron chi connectivity index (χ1n) is 17.0. The molecule has 0 unspecified atom stereocenters. The fourth-order valence-electron chi connectivity index (χ4n) is 4.94. The quantitative estimate of drug-likeness (QED) is 0.160. The SMILES string of the molecule is CC.CC.CC.CC.CC(C)=CC=Cc1ccc(N(CC(c2ccccc2)c2ccccc2)c2ccccc2)c2ccccc12. The van der Waals surface area contributed by atoms with Gasteiger partial charge in [-0.15, -0.1) is 0 Å². The van der Waals surface area contributed by atoms with Crippen molar-refractivity contribution in [1.29, 1.82) is 0 Å². The maximum Gasteiger partial charge on any atom is 0.0491 e. The number of allylic oxidation sites excluding steroid dienone is 3. The van der Waals surface area contributed by atoms with E-state index in [0.29, 0.717) is 0 Å². The van der Waals surface area contributed by atoms with E-state index in [1.807, 2.05) is 55.4 Å². The molecule has 0 aromatic heterocycles. The molecule has 0 spiro atoms. The van der Waals surface area contributed by atoms with E-state index >= 15 is 0 Å². The average molecular weight is 600 g/mol. The summed E-state index contributed by atoms with van der Waals surface area (Å²) in [5.41, 5.74) is 7.57. The standard InChI is InChI=1S/C36H33N.4C2H6/c1-28(2)15-14-20-31-25-26-36(34-24-13-12-23-33(31)34)37(32-21-10-5-11-22-32)27-35(29-16-6-3-7-17-29)30-18-8-4-9-19-30;4*1-2/h3-26,35H,27H2,1-2H3;4*1-2H3. The van der Waals surface area contributed by atoms with Gasteiger partial charge in [0, 0.05) is 29.2 Å². The van der Waals surface area contributed by atoms with Gasteiger partial charge in [0.15, 0.2) is 0 Å². The Bertz CT molecular complexity index is 1460. The van der Waals surface area contributed by atoms with E-state index in [4.69, 9.17) is 0 Å². The summed E-state index contributed by atoms with van der Waals surface area (Å²) in [4.78, 5) is 2.48. The number of hydrogen-bond donors (Lipinski definition) is 0. The van der Waals surface area contributed by atoms with Gasteiger partial charge in [-0.25, -0.2) is 0 Å². The van der Waals surface area contributed by atoms with E-state index in [1.165, 1.54) is 44.4 Å². The van der Waals surface area contributed by atoms with Crippen molar-refractivity contribution >= 4 is 28.2 Å². The zero-order chi connectivity index (χ0) is 33.5. The zero-order valence-electron chi connectivity index (χ0n) is 29.6. The van der Waals surface area contributed by atoms with Crippen LogP contribution in [0.15, 0.2) is 145 Å². The third-order valence-electron chi connectivity index (χ3n) is 6.77. The van der Waals surface area contributed by atoms with Crippen LogP contribution >= 0.6 is 0 Å². The Kier molecular flexibility index (Phi) is 19.8. The third-order valence-corrected chi connectivity index (χ3v) is 6.77. The molecule has 0 heterocycles. The van der Waals surface area contributed by atoms with Crippen LogP contribution < -0.4 is 4.90 Å². The molecule has 1 nitrogen and oxygen atoms in total. The van der Waals surface area contributed by atoms with Gasteiger partial charge in [-0.05, 0) is 54.1 Å². The van der Waals surface area contributed by atoms with Crippen molar-refractivity contribution in [2.24, 2.45) is 0 Å². The molecule has 5 rings (SSSR count). The lowest BCUT2D eigenvalue weighted by Crippen LogP contribution is -2.25. The normalized spacial score (nSPS) is 9.76. The highest BCUT2D eigenvalue weighted by Gasteiger charge is 2.21. The van der Waals surface area contributed by atoms with Crippen LogP contribution in [0.1, 0.15) is 91.8 Å². The predicted molar refractivity (Wildman–Crippen MR) is 206 cm³/mol. The molecular formula is C44H57N. The number of nitrogens with zero attached hydrogens (tertiary/aromatic N) is 1. The number of fused-ring (bicyclic) bond motifs is 1. The number of benzene rings is 5. The molecule has 0 radical (unpaired) electrons. The van der Waals surface area contributed by atoms with E-state index < -0.39 is 0 Å². The molecule has 0 bridgehead atoms. The Morgan fingerprint density at radius 3 is 1.47 bits per heavy atom. The summed E-state index contributed by atoms with van der Waals surface area (Å²) >= 11 is 0. The first-order chi connectivity index (χ1) is 22.2. The second kappa shape index (κ2) is 23.1. The highest BCUT2D eigenvalue weighted by Crippen LogP contribution is 2.37. The second-order valence-corrected chi connectivity index (χ2v) is 9.64. The fraction of sp³-hybridized carbons (Fsp3) is 0.273. The van der Waals surface area contributed by atoms with E-state index in [9.17, 15) is 0 Å². The lowest BCUT2D eigenvalue weighted by molar-refractivity contribution is 0.794. The van der Waals surface area contributed by atoms with Crippen molar-refractivity contribution in [3.8, 4) is 0 Å². The first-order valence-corrected chi connectivity index (χ1v) is 17.0. The van der Waals surface area contributed by atoms with Gasteiger partial charge in [0.05, 0.1) is 0 Å².